The van der Waals surface area contributed by atoms with E-state index in [1.165, 1.54) is 0 Å². The highest BCUT2D eigenvalue weighted by atomic mass is 35.5. The Labute approximate surface area is 124 Å². The molecule has 106 valence electrons. The summed E-state index contributed by atoms with van der Waals surface area (Å²) < 4.78 is 5.74. The number of ether oxygens (including phenoxy) is 1. The predicted molar refractivity (Wildman–Crippen MR) is 82.5 cm³/mol. The fraction of sp³-hybridized carbons (Fsp3) is 0.312. The molecule has 2 rings (SSSR count). The van der Waals surface area contributed by atoms with Crippen molar-refractivity contribution in [1.82, 2.24) is 10.3 Å². The molecule has 1 aromatic carbocycles. The average molecular weight is 291 g/mol. The molecule has 3 nitrogen and oxygen atoms in total. The molecule has 20 heavy (non-hydrogen) atoms. The lowest BCUT2D eigenvalue weighted by Crippen LogP contribution is -2.21. The number of pyridine rings is 1. The van der Waals surface area contributed by atoms with E-state index in [2.05, 4.69) is 24.1 Å². The molecule has 0 amide bonds. The van der Waals surface area contributed by atoms with Crippen molar-refractivity contribution in [2.24, 2.45) is 0 Å². The van der Waals surface area contributed by atoms with Gasteiger partial charge in [0.1, 0.15) is 5.75 Å². The molecular formula is C16H19ClN2O. The maximum Gasteiger partial charge on any atom is 0.219 e. The number of aromatic nitrogens is 1. The van der Waals surface area contributed by atoms with E-state index in [1.807, 2.05) is 37.3 Å². The Kier molecular flexibility index (Phi) is 4.99. The zero-order chi connectivity index (χ0) is 14.5. The maximum atomic E-state index is 6.16. The molecule has 0 bridgehead atoms. The second-order valence-corrected chi connectivity index (χ2v) is 5.48. The van der Waals surface area contributed by atoms with Crippen LogP contribution >= 0.6 is 11.6 Å². The van der Waals surface area contributed by atoms with Crippen molar-refractivity contribution < 1.29 is 4.74 Å². The molecule has 0 saturated carbocycles. The van der Waals surface area contributed by atoms with Gasteiger partial charge in [0.25, 0.3) is 0 Å². The summed E-state index contributed by atoms with van der Waals surface area (Å²) in [7, 11) is 0. The summed E-state index contributed by atoms with van der Waals surface area (Å²) in [5.74, 6) is 1.18. The molecule has 2 aromatic rings. The highest BCUT2D eigenvalue weighted by Crippen LogP contribution is 2.29. The minimum absolute atomic E-state index is 0.444. The van der Waals surface area contributed by atoms with Gasteiger partial charge in [-0.15, -0.1) is 0 Å². The van der Waals surface area contributed by atoms with Gasteiger partial charge in [-0.05, 0) is 36.2 Å². The number of hydrogen-bond acceptors (Lipinski definition) is 3. The van der Waals surface area contributed by atoms with Gasteiger partial charge in [0, 0.05) is 24.8 Å². The summed E-state index contributed by atoms with van der Waals surface area (Å²) in [6.45, 7) is 7.01. The van der Waals surface area contributed by atoms with E-state index in [-0.39, 0.29) is 0 Å². The molecular weight excluding hydrogens is 272 g/mol. The van der Waals surface area contributed by atoms with E-state index in [1.54, 1.807) is 6.20 Å². The first kappa shape index (κ1) is 14.8. The minimum Gasteiger partial charge on any atom is -0.437 e. The number of aryl methyl sites for hydroxylation is 1. The second-order valence-electron chi connectivity index (χ2n) is 5.07. The third kappa shape index (κ3) is 4.22. The SMILES string of the molecule is Cc1ccc(Oc2cc(CNC(C)C)ccn2)c(Cl)c1. The second kappa shape index (κ2) is 6.73. The largest absolute Gasteiger partial charge is 0.437 e. The van der Waals surface area contributed by atoms with Gasteiger partial charge in [0.05, 0.1) is 5.02 Å². The van der Waals surface area contributed by atoms with Crippen LogP contribution in [0.25, 0.3) is 0 Å². The molecule has 0 unspecified atom stereocenters. The number of nitrogens with one attached hydrogen (secondary N) is 1. The van der Waals surface area contributed by atoms with Crippen LogP contribution in [0, 0.1) is 6.92 Å². The maximum absolute atomic E-state index is 6.16. The summed E-state index contributed by atoms with van der Waals surface area (Å²) in [6.07, 6.45) is 1.74. The van der Waals surface area contributed by atoms with Crippen LogP contribution in [0.2, 0.25) is 5.02 Å². The average Bonchev–Trinajstić information content (AvgIpc) is 2.40. The molecule has 0 radical (unpaired) electrons. The Morgan fingerprint density at radius 1 is 1.25 bits per heavy atom. The Bertz CT molecular complexity index is 584. The lowest BCUT2D eigenvalue weighted by molar-refractivity contribution is 0.461. The Morgan fingerprint density at radius 2 is 2.05 bits per heavy atom. The zero-order valence-corrected chi connectivity index (χ0v) is 12.7. The fourth-order valence-corrected chi connectivity index (χ4v) is 2.01. The molecule has 0 aliphatic rings. The Hall–Kier alpha value is -1.58. The van der Waals surface area contributed by atoms with E-state index >= 15 is 0 Å². The normalized spacial score (nSPS) is 10.8. The van der Waals surface area contributed by atoms with Crippen LogP contribution in [-0.2, 0) is 6.54 Å². The molecule has 1 heterocycles. The van der Waals surface area contributed by atoms with E-state index in [0.29, 0.717) is 22.7 Å². The van der Waals surface area contributed by atoms with Crippen molar-refractivity contribution in [2.45, 2.75) is 33.4 Å². The predicted octanol–water partition coefficient (Wildman–Crippen LogP) is 4.33. The lowest BCUT2D eigenvalue weighted by atomic mass is 10.2. The van der Waals surface area contributed by atoms with E-state index in [4.69, 9.17) is 16.3 Å². The minimum atomic E-state index is 0.444. The van der Waals surface area contributed by atoms with Crippen molar-refractivity contribution in [1.29, 1.82) is 0 Å². The highest BCUT2D eigenvalue weighted by Gasteiger charge is 2.05. The van der Waals surface area contributed by atoms with Crippen molar-refractivity contribution in [3.8, 4) is 11.6 Å². The summed E-state index contributed by atoms with van der Waals surface area (Å²) >= 11 is 6.16. The van der Waals surface area contributed by atoms with E-state index in [9.17, 15) is 0 Å². The van der Waals surface area contributed by atoms with Crippen LogP contribution in [0.3, 0.4) is 0 Å². The molecule has 0 atom stereocenters. The van der Waals surface area contributed by atoms with Gasteiger partial charge in [-0.2, -0.15) is 0 Å². The summed E-state index contributed by atoms with van der Waals surface area (Å²) in [4.78, 5) is 4.22. The lowest BCUT2D eigenvalue weighted by Gasteiger charge is -2.10. The first-order valence-corrected chi connectivity index (χ1v) is 7.04. The van der Waals surface area contributed by atoms with Crippen LogP contribution < -0.4 is 10.1 Å². The number of rotatable bonds is 5. The summed E-state index contributed by atoms with van der Waals surface area (Å²) in [5, 5.41) is 3.96. The molecule has 0 fully saturated rings. The van der Waals surface area contributed by atoms with Crippen LogP contribution in [0.4, 0.5) is 0 Å². The topological polar surface area (TPSA) is 34.1 Å². The highest BCUT2D eigenvalue weighted by molar-refractivity contribution is 6.32. The smallest absolute Gasteiger partial charge is 0.219 e. The van der Waals surface area contributed by atoms with Gasteiger partial charge in [-0.25, -0.2) is 4.98 Å². The monoisotopic (exact) mass is 290 g/mol. The third-order valence-electron chi connectivity index (χ3n) is 2.82. The third-order valence-corrected chi connectivity index (χ3v) is 3.11. The molecule has 0 aliphatic carbocycles. The Morgan fingerprint density at radius 3 is 2.75 bits per heavy atom. The van der Waals surface area contributed by atoms with Crippen LogP contribution in [0.1, 0.15) is 25.0 Å². The molecule has 0 aliphatic heterocycles. The quantitative estimate of drug-likeness (QED) is 0.890. The molecule has 0 saturated heterocycles. The standard InChI is InChI=1S/C16H19ClN2O/c1-11(2)19-10-13-6-7-18-16(9-13)20-15-5-4-12(3)8-14(15)17/h4-9,11,19H,10H2,1-3H3. The van der Waals surface area contributed by atoms with Gasteiger partial charge in [-0.1, -0.05) is 31.5 Å². The van der Waals surface area contributed by atoms with Crippen molar-refractivity contribution in [2.75, 3.05) is 0 Å². The van der Waals surface area contributed by atoms with Crippen LogP contribution in [0.5, 0.6) is 11.6 Å². The first-order chi connectivity index (χ1) is 9.54. The van der Waals surface area contributed by atoms with Crippen LogP contribution in [-0.4, -0.2) is 11.0 Å². The molecule has 0 spiro atoms. The van der Waals surface area contributed by atoms with Gasteiger partial charge < -0.3 is 10.1 Å². The number of benzene rings is 1. The number of nitrogens with zero attached hydrogens (tertiary/aromatic N) is 1. The van der Waals surface area contributed by atoms with E-state index < -0.39 is 0 Å². The van der Waals surface area contributed by atoms with E-state index in [0.717, 1.165) is 17.7 Å². The van der Waals surface area contributed by atoms with Crippen molar-refractivity contribution >= 4 is 11.6 Å². The Balaban J connectivity index is 2.11. The van der Waals surface area contributed by atoms with Crippen LogP contribution in [0.15, 0.2) is 36.5 Å². The zero-order valence-electron chi connectivity index (χ0n) is 12.0. The summed E-state index contributed by atoms with van der Waals surface area (Å²) in [6, 6.07) is 10.0. The van der Waals surface area contributed by atoms with Crippen molar-refractivity contribution in [3.05, 3.63) is 52.7 Å². The number of hydrogen-bond donors (Lipinski definition) is 1. The molecule has 1 aromatic heterocycles. The van der Waals surface area contributed by atoms with Gasteiger partial charge in [0.2, 0.25) is 5.88 Å². The fourth-order valence-electron chi connectivity index (χ4n) is 1.74. The van der Waals surface area contributed by atoms with Gasteiger partial charge in [-0.3, -0.25) is 0 Å². The molecule has 1 N–H and O–H groups in total. The number of halogens is 1. The van der Waals surface area contributed by atoms with Gasteiger partial charge in [0.15, 0.2) is 0 Å². The molecule has 4 heteroatoms. The van der Waals surface area contributed by atoms with Crippen molar-refractivity contribution in [3.63, 3.8) is 0 Å². The summed E-state index contributed by atoms with van der Waals surface area (Å²) in [5.41, 5.74) is 2.23. The van der Waals surface area contributed by atoms with Gasteiger partial charge >= 0.3 is 0 Å². The first-order valence-electron chi connectivity index (χ1n) is 6.67.